The van der Waals surface area contributed by atoms with Crippen LogP contribution in [0.15, 0.2) is 29.2 Å². The Morgan fingerprint density at radius 2 is 1.72 bits per heavy atom. The van der Waals surface area contributed by atoms with E-state index in [-0.39, 0.29) is 5.60 Å². The summed E-state index contributed by atoms with van der Waals surface area (Å²) in [6, 6.07) is 7.04. The van der Waals surface area contributed by atoms with E-state index in [1.165, 1.54) is 6.42 Å². The molecule has 4 heteroatoms. The van der Waals surface area contributed by atoms with Gasteiger partial charge in [-0.15, -0.1) is 0 Å². The van der Waals surface area contributed by atoms with Crippen LogP contribution in [0, 0.1) is 6.92 Å². The van der Waals surface area contributed by atoms with E-state index in [2.05, 4.69) is 0 Å². The Hall–Kier alpha value is -0.870. The molecule has 1 saturated carbocycles. The lowest BCUT2D eigenvalue weighted by Gasteiger charge is -2.17. The molecule has 0 bridgehead atoms. The molecule has 0 aromatic heterocycles. The lowest BCUT2D eigenvalue weighted by atomic mass is 9.90. The first-order valence-corrected chi connectivity index (χ1v) is 8.08. The molecule has 0 N–H and O–H groups in total. The van der Waals surface area contributed by atoms with Gasteiger partial charge in [0.1, 0.15) is 5.60 Å². The zero-order chi connectivity index (χ0) is 12.8. The predicted octanol–water partition coefficient (Wildman–Crippen LogP) is 2.83. The Bertz CT molecular complexity index is 539. The molecule has 0 radical (unpaired) electrons. The summed E-state index contributed by atoms with van der Waals surface area (Å²) in [6.07, 6.45) is 5.15. The molecule has 18 heavy (non-hydrogen) atoms. The number of aryl methyl sites for hydroxylation is 1. The van der Waals surface area contributed by atoms with Gasteiger partial charge in [0.15, 0.2) is 5.44 Å². The SMILES string of the molecule is Cc1ccc(S(=O)(=O)C2OC23CCCCC3)cc1. The van der Waals surface area contributed by atoms with E-state index < -0.39 is 15.3 Å². The van der Waals surface area contributed by atoms with Crippen LogP contribution in [0.1, 0.15) is 37.7 Å². The average Bonchev–Trinajstić information content (AvgIpc) is 3.05. The fraction of sp³-hybridized carbons (Fsp3) is 0.571. The second kappa shape index (κ2) is 4.07. The van der Waals surface area contributed by atoms with Crippen molar-refractivity contribution in [3.05, 3.63) is 29.8 Å². The molecule has 1 unspecified atom stereocenters. The minimum Gasteiger partial charge on any atom is -0.349 e. The third-order valence-electron chi connectivity index (χ3n) is 4.05. The van der Waals surface area contributed by atoms with Gasteiger partial charge >= 0.3 is 0 Å². The summed E-state index contributed by atoms with van der Waals surface area (Å²) in [5.41, 5.74) is 0.105. The van der Waals surface area contributed by atoms with Crippen LogP contribution in [-0.4, -0.2) is 19.5 Å². The van der Waals surface area contributed by atoms with E-state index in [1.54, 1.807) is 12.1 Å². The summed E-state index contributed by atoms with van der Waals surface area (Å²) in [7, 11) is -3.31. The first kappa shape index (κ1) is 12.2. The van der Waals surface area contributed by atoms with Crippen molar-refractivity contribution in [1.82, 2.24) is 0 Å². The molecule has 0 amide bonds. The van der Waals surface area contributed by atoms with Crippen molar-refractivity contribution in [3.8, 4) is 0 Å². The van der Waals surface area contributed by atoms with Crippen molar-refractivity contribution in [2.24, 2.45) is 0 Å². The topological polar surface area (TPSA) is 46.7 Å². The lowest BCUT2D eigenvalue weighted by Crippen LogP contribution is -2.24. The highest BCUT2D eigenvalue weighted by Gasteiger charge is 2.63. The number of benzene rings is 1. The Morgan fingerprint density at radius 1 is 1.11 bits per heavy atom. The molecule has 3 rings (SSSR count). The molecule has 3 nitrogen and oxygen atoms in total. The minimum atomic E-state index is -3.31. The number of epoxide rings is 1. The van der Waals surface area contributed by atoms with Crippen LogP contribution in [0.4, 0.5) is 0 Å². The maximum atomic E-state index is 12.5. The van der Waals surface area contributed by atoms with Crippen molar-refractivity contribution in [2.75, 3.05) is 0 Å². The average molecular weight is 266 g/mol. The smallest absolute Gasteiger partial charge is 0.208 e. The van der Waals surface area contributed by atoms with E-state index in [1.807, 2.05) is 19.1 Å². The largest absolute Gasteiger partial charge is 0.349 e. The zero-order valence-corrected chi connectivity index (χ0v) is 11.4. The molecule has 2 aliphatic rings. The Kier molecular flexibility index (Phi) is 2.75. The van der Waals surface area contributed by atoms with Gasteiger partial charge in [-0.2, -0.15) is 0 Å². The molecular weight excluding hydrogens is 248 g/mol. The van der Waals surface area contributed by atoms with Gasteiger partial charge < -0.3 is 4.74 Å². The van der Waals surface area contributed by atoms with Gasteiger partial charge in [0.2, 0.25) is 9.84 Å². The van der Waals surface area contributed by atoms with Crippen LogP contribution in [0.5, 0.6) is 0 Å². The van der Waals surface area contributed by atoms with Crippen molar-refractivity contribution >= 4 is 9.84 Å². The molecule has 1 aliphatic heterocycles. The van der Waals surface area contributed by atoms with Crippen LogP contribution >= 0.6 is 0 Å². The number of sulfone groups is 1. The fourth-order valence-electron chi connectivity index (χ4n) is 2.88. The highest BCUT2D eigenvalue weighted by atomic mass is 32.2. The third-order valence-corrected chi connectivity index (χ3v) is 6.06. The standard InChI is InChI=1S/C14H18O3S/c1-11-5-7-12(8-6-11)18(15,16)13-14(17-13)9-3-2-4-10-14/h5-8,13H,2-4,9-10H2,1H3. The van der Waals surface area contributed by atoms with Crippen LogP contribution in [0.25, 0.3) is 0 Å². The Labute approximate surface area is 108 Å². The Balaban J connectivity index is 1.86. The second-order valence-corrected chi connectivity index (χ2v) is 7.42. The number of ether oxygens (including phenoxy) is 1. The predicted molar refractivity (Wildman–Crippen MR) is 69.1 cm³/mol. The summed E-state index contributed by atoms with van der Waals surface area (Å²) < 4.78 is 30.5. The molecule has 2 fully saturated rings. The zero-order valence-electron chi connectivity index (χ0n) is 10.6. The van der Waals surface area contributed by atoms with Gasteiger partial charge in [0.05, 0.1) is 4.90 Å². The molecule has 1 spiro atoms. The van der Waals surface area contributed by atoms with E-state index in [4.69, 9.17) is 4.74 Å². The lowest BCUT2D eigenvalue weighted by molar-refractivity contribution is 0.236. The highest BCUT2D eigenvalue weighted by Crippen LogP contribution is 2.51. The number of rotatable bonds is 2. The van der Waals surface area contributed by atoms with Crippen LogP contribution < -0.4 is 0 Å². The summed E-state index contributed by atoms with van der Waals surface area (Å²) in [6.45, 7) is 1.95. The quantitative estimate of drug-likeness (QED) is 0.773. The fourth-order valence-corrected chi connectivity index (χ4v) is 4.76. The molecule has 1 saturated heterocycles. The van der Waals surface area contributed by atoms with Crippen molar-refractivity contribution in [3.63, 3.8) is 0 Å². The van der Waals surface area contributed by atoms with Crippen LogP contribution in [0.2, 0.25) is 0 Å². The minimum absolute atomic E-state index is 0.359. The van der Waals surface area contributed by atoms with E-state index >= 15 is 0 Å². The van der Waals surface area contributed by atoms with E-state index in [0.717, 1.165) is 31.2 Å². The summed E-state index contributed by atoms with van der Waals surface area (Å²) in [5.74, 6) is 0. The van der Waals surface area contributed by atoms with Crippen molar-refractivity contribution in [2.45, 2.75) is 55.0 Å². The van der Waals surface area contributed by atoms with E-state index in [9.17, 15) is 8.42 Å². The molecule has 1 atom stereocenters. The molecular formula is C14H18O3S. The molecule has 1 heterocycles. The monoisotopic (exact) mass is 266 g/mol. The number of hydrogen-bond acceptors (Lipinski definition) is 3. The van der Waals surface area contributed by atoms with Crippen molar-refractivity contribution in [1.29, 1.82) is 0 Å². The third kappa shape index (κ3) is 1.88. The molecule has 1 aromatic rings. The van der Waals surface area contributed by atoms with Crippen LogP contribution in [-0.2, 0) is 14.6 Å². The van der Waals surface area contributed by atoms with Gasteiger partial charge in [-0.1, -0.05) is 37.0 Å². The summed E-state index contributed by atoms with van der Waals surface area (Å²) >= 11 is 0. The normalized spacial score (nSPS) is 26.2. The van der Waals surface area contributed by atoms with Crippen LogP contribution in [0.3, 0.4) is 0 Å². The van der Waals surface area contributed by atoms with Gasteiger partial charge in [-0.25, -0.2) is 8.42 Å². The Morgan fingerprint density at radius 3 is 2.33 bits per heavy atom. The maximum Gasteiger partial charge on any atom is 0.208 e. The summed E-state index contributed by atoms with van der Waals surface area (Å²) in [5, 5.41) is 0. The first-order valence-electron chi connectivity index (χ1n) is 6.53. The van der Waals surface area contributed by atoms with Gasteiger partial charge in [0.25, 0.3) is 0 Å². The molecule has 98 valence electrons. The van der Waals surface area contributed by atoms with Gasteiger partial charge in [0, 0.05) is 0 Å². The second-order valence-electron chi connectivity index (χ2n) is 5.43. The van der Waals surface area contributed by atoms with Gasteiger partial charge in [-0.05, 0) is 31.9 Å². The number of hydrogen-bond donors (Lipinski definition) is 0. The highest BCUT2D eigenvalue weighted by molar-refractivity contribution is 7.92. The maximum absolute atomic E-state index is 12.5. The van der Waals surface area contributed by atoms with E-state index in [0.29, 0.717) is 4.90 Å². The first-order chi connectivity index (χ1) is 8.55. The van der Waals surface area contributed by atoms with Crippen molar-refractivity contribution < 1.29 is 13.2 Å². The summed E-state index contributed by atoms with van der Waals surface area (Å²) in [4.78, 5) is 0.389. The molecule has 1 aromatic carbocycles. The molecule has 1 aliphatic carbocycles. The van der Waals surface area contributed by atoms with Gasteiger partial charge in [-0.3, -0.25) is 0 Å².